The molecular weight excluding hydrogens is 190 g/mol. The maximum atomic E-state index is 11.5. The monoisotopic (exact) mass is 211 g/mol. The Balaban J connectivity index is 2.18. The second kappa shape index (κ2) is 3.78. The number of β-amino-alcohol motifs (C(OH)–C–C–N with tert-alkyl or cyclic N) is 1. The van der Waals surface area contributed by atoms with Crippen molar-refractivity contribution >= 4 is 5.91 Å². The van der Waals surface area contributed by atoms with Gasteiger partial charge in [0, 0.05) is 18.4 Å². The first kappa shape index (κ1) is 10.9. The lowest BCUT2D eigenvalue weighted by Crippen LogP contribution is -2.54. The molecule has 86 valence electrons. The first-order chi connectivity index (χ1) is 7.02. The minimum atomic E-state index is -0.347. The molecule has 1 amide bonds. The van der Waals surface area contributed by atoms with Crippen LogP contribution in [0.15, 0.2) is 0 Å². The molecule has 0 radical (unpaired) electrons. The normalized spacial score (nSPS) is 46.6. The molecule has 1 saturated heterocycles. The first-order valence-corrected chi connectivity index (χ1v) is 5.96. The van der Waals surface area contributed by atoms with Crippen molar-refractivity contribution in [1.82, 2.24) is 5.32 Å². The van der Waals surface area contributed by atoms with Gasteiger partial charge in [0.25, 0.3) is 0 Å². The van der Waals surface area contributed by atoms with E-state index in [0.29, 0.717) is 24.8 Å². The molecule has 2 fully saturated rings. The molecule has 0 aromatic carbocycles. The van der Waals surface area contributed by atoms with Crippen LogP contribution in [0.1, 0.15) is 39.5 Å². The van der Waals surface area contributed by atoms with Gasteiger partial charge in [-0.2, -0.15) is 0 Å². The van der Waals surface area contributed by atoms with Crippen LogP contribution in [0.25, 0.3) is 0 Å². The van der Waals surface area contributed by atoms with Crippen molar-refractivity contribution in [2.45, 2.75) is 45.6 Å². The summed E-state index contributed by atoms with van der Waals surface area (Å²) in [4.78, 5) is 11.5. The van der Waals surface area contributed by atoms with Crippen LogP contribution in [0, 0.1) is 17.3 Å². The highest BCUT2D eigenvalue weighted by molar-refractivity contribution is 5.77. The molecule has 3 nitrogen and oxygen atoms in total. The lowest BCUT2D eigenvalue weighted by molar-refractivity contribution is -0.136. The Morgan fingerprint density at radius 3 is 2.53 bits per heavy atom. The van der Waals surface area contributed by atoms with Gasteiger partial charge in [-0.1, -0.05) is 13.8 Å². The van der Waals surface area contributed by atoms with Crippen LogP contribution < -0.4 is 5.32 Å². The summed E-state index contributed by atoms with van der Waals surface area (Å²) in [6.07, 6.45) is 3.41. The fraction of sp³-hybridized carbons (Fsp3) is 0.917. The first-order valence-electron chi connectivity index (χ1n) is 5.96. The number of rotatable bonds is 0. The third kappa shape index (κ3) is 2.03. The highest BCUT2D eigenvalue weighted by Crippen LogP contribution is 2.47. The molecule has 3 atom stereocenters. The highest BCUT2D eigenvalue weighted by Gasteiger charge is 2.46. The molecule has 2 N–H and O–H groups in total. The van der Waals surface area contributed by atoms with Crippen LogP contribution in [-0.2, 0) is 4.79 Å². The molecule has 3 unspecified atom stereocenters. The van der Waals surface area contributed by atoms with Gasteiger partial charge >= 0.3 is 0 Å². The second-order valence-corrected chi connectivity index (χ2v) is 5.71. The van der Waals surface area contributed by atoms with E-state index < -0.39 is 0 Å². The summed E-state index contributed by atoms with van der Waals surface area (Å²) in [5, 5.41) is 12.9. The number of nitrogens with one attached hydrogen (secondary N) is 1. The topological polar surface area (TPSA) is 49.3 Å². The van der Waals surface area contributed by atoms with E-state index in [4.69, 9.17) is 0 Å². The number of carbonyl (C=O) groups excluding carboxylic acids is 1. The van der Waals surface area contributed by atoms with Crippen molar-refractivity contribution in [1.29, 1.82) is 0 Å². The number of piperidine rings is 1. The average Bonchev–Trinajstić information content (AvgIpc) is 2.10. The Bertz CT molecular complexity index is 254. The van der Waals surface area contributed by atoms with Crippen molar-refractivity contribution in [2.75, 3.05) is 6.54 Å². The van der Waals surface area contributed by atoms with E-state index in [0.717, 1.165) is 12.8 Å². The lowest BCUT2D eigenvalue weighted by Gasteiger charge is -2.47. The van der Waals surface area contributed by atoms with E-state index in [1.165, 1.54) is 6.42 Å². The van der Waals surface area contributed by atoms with Gasteiger partial charge in [-0.05, 0) is 31.1 Å². The van der Waals surface area contributed by atoms with Gasteiger partial charge in [0.1, 0.15) is 0 Å². The standard InChI is InChI=1S/C12H21NO2/c1-8-3-9(2)5-12(4-8)6-11(15)13-7-10(12)14/h8-10,14H,3-7H2,1-2H3,(H,13,15). The molecule has 0 bridgehead atoms. The largest absolute Gasteiger partial charge is 0.391 e. The molecule has 0 aromatic heterocycles. The predicted octanol–water partition coefficient (Wildman–Crippen LogP) is 1.31. The molecule has 1 saturated carbocycles. The smallest absolute Gasteiger partial charge is 0.220 e. The van der Waals surface area contributed by atoms with E-state index in [1.54, 1.807) is 0 Å². The van der Waals surface area contributed by atoms with Crippen molar-refractivity contribution in [2.24, 2.45) is 17.3 Å². The lowest BCUT2D eigenvalue weighted by atomic mass is 9.61. The SMILES string of the molecule is CC1CC(C)CC2(CC(=O)NCC2O)C1. The Kier molecular flexibility index (Phi) is 2.75. The van der Waals surface area contributed by atoms with Crippen molar-refractivity contribution in [3.63, 3.8) is 0 Å². The minimum Gasteiger partial charge on any atom is -0.391 e. The van der Waals surface area contributed by atoms with Gasteiger partial charge in [0.05, 0.1) is 6.10 Å². The molecular formula is C12H21NO2. The molecule has 2 aliphatic rings. The third-order valence-electron chi connectivity index (χ3n) is 4.03. The number of aliphatic hydroxyl groups excluding tert-OH is 1. The Morgan fingerprint density at radius 1 is 1.33 bits per heavy atom. The average molecular weight is 211 g/mol. The van der Waals surface area contributed by atoms with Gasteiger partial charge < -0.3 is 10.4 Å². The Hall–Kier alpha value is -0.570. The molecule has 1 aliphatic heterocycles. The summed E-state index contributed by atoms with van der Waals surface area (Å²) in [5.74, 6) is 1.38. The summed E-state index contributed by atoms with van der Waals surface area (Å²) in [6.45, 7) is 4.91. The number of hydrogen-bond acceptors (Lipinski definition) is 2. The van der Waals surface area contributed by atoms with Crippen LogP contribution in [0.5, 0.6) is 0 Å². The molecule has 1 spiro atoms. The van der Waals surface area contributed by atoms with Crippen LogP contribution in [-0.4, -0.2) is 23.7 Å². The van der Waals surface area contributed by atoms with Gasteiger partial charge in [0.2, 0.25) is 5.91 Å². The second-order valence-electron chi connectivity index (χ2n) is 5.71. The maximum Gasteiger partial charge on any atom is 0.220 e. The fourth-order valence-corrected chi connectivity index (χ4v) is 3.67. The molecule has 0 aromatic rings. The summed E-state index contributed by atoms with van der Waals surface area (Å²) in [5.41, 5.74) is -0.126. The van der Waals surface area contributed by atoms with E-state index in [-0.39, 0.29) is 17.4 Å². The van der Waals surface area contributed by atoms with E-state index in [1.807, 2.05) is 0 Å². The quantitative estimate of drug-likeness (QED) is 0.634. The molecule has 2 rings (SSSR count). The summed E-state index contributed by atoms with van der Waals surface area (Å²) in [7, 11) is 0. The van der Waals surface area contributed by atoms with Gasteiger partial charge in [0.15, 0.2) is 0 Å². The van der Waals surface area contributed by atoms with E-state index in [2.05, 4.69) is 19.2 Å². The van der Waals surface area contributed by atoms with Crippen molar-refractivity contribution < 1.29 is 9.90 Å². The third-order valence-corrected chi connectivity index (χ3v) is 4.03. The van der Waals surface area contributed by atoms with Crippen LogP contribution >= 0.6 is 0 Å². The molecule has 3 heteroatoms. The van der Waals surface area contributed by atoms with Crippen molar-refractivity contribution in [3.05, 3.63) is 0 Å². The summed E-state index contributed by atoms with van der Waals surface area (Å²) < 4.78 is 0. The summed E-state index contributed by atoms with van der Waals surface area (Å²) in [6, 6.07) is 0. The van der Waals surface area contributed by atoms with Crippen LogP contribution in [0.4, 0.5) is 0 Å². The van der Waals surface area contributed by atoms with Gasteiger partial charge in [-0.3, -0.25) is 4.79 Å². The van der Waals surface area contributed by atoms with Crippen LogP contribution in [0.2, 0.25) is 0 Å². The van der Waals surface area contributed by atoms with Gasteiger partial charge in [-0.25, -0.2) is 0 Å². The zero-order valence-corrected chi connectivity index (χ0v) is 9.62. The molecule has 1 aliphatic carbocycles. The minimum absolute atomic E-state index is 0.113. The predicted molar refractivity (Wildman–Crippen MR) is 58.2 cm³/mol. The number of hydrogen-bond donors (Lipinski definition) is 2. The van der Waals surface area contributed by atoms with E-state index in [9.17, 15) is 9.90 Å². The molecule has 1 heterocycles. The molecule has 15 heavy (non-hydrogen) atoms. The number of aliphatic hydroxyl groups is 1. The highest BCUT2D eigenvalue weighted by atomic mass is 16.3. The maximum absolute atomic E-state index is 11.5. The van der Waals surface area contributed by atoms with Crippen molar-refractivity contribution in [3.8, 4) is 0 Å². The number of amides is 1. The summed E-state index contributed by atoms with van der Waals surface area (Å²) >= 11 is 0. The number of carbonyl (C=O) groups is 1. The zero-order chi connectivity index (χ0) is 11.1. The Morgan fingerprint density at radius 2 is 1.93 bits per heavy atom. The van der Waals surface area contributed by atoms with Crippen LogP contribution in [0.3, 0.4) is 0 Å². The fourth-order valence-electron chi connectivity index (χ4n) is 3.67. The van der Waals surface area contributed by atoms with E-state index >= 15 is 0 Å². The Labute approximate surface area is 91.2 Å². The zero-order valence-electron chi connectivity index (χ0n) is 9.62. The van der Waals surface area contributed by atoms with Gasteiger partial charge in [-0.15, -0.1) is 0 Å².